The molecule has 0 spiro atoms. The third-order valence-corrected chi connectivity index (χ3v) is 2.66. The first kappa shape index (κ1) is 13.1. The van der Waals surface area contributed by atoms with Crippen LogP contribution in [0, 0.1) is 5.92 Å². The Labute approximate surface area is 101 Å². The molecule has 0 amide bonds. The van der Waals surface area contributed by atoms with E-state index in [0.717, 1.165) is 0 Å². The van der Waals surface area contributed by atoms with E-state index in [-0.39, 0.29) is 12.6 Å². The topological polar surface area (TPSA) is 71.2 Å². The number of aromatic nitrogens is 1. The summed E-state index contributed by atoms with van der Waals surface area (Å²) >= 11 is 5.77. The van der Waals surface area contributed by atoms with Crippen LogP contribution in [0.15, 0.2) is 12.3 Å². The number of rotatable bonds is 5. The summed E-state index contributed by atoms with van der Waals surface area (Å²) in [6.45, 7) is 4.31. The molecular weight excluding hydrogens is 226 g/mol. The highest BCUT2D eigenvalue weighted by Gasteiger charge is 2.14. The molecule has 0 aliphatic rings. The van der Waals surface area contributed by atoms with Crippen molar-refractivity contribution >= 4 is 23.1 Å². The van der Waals surface area contributed by atoms with Gasteiger partial charge in [0.25, 0.3) is 0 Å². The lowest BCUT2D eigenvalue weighted by atomic mass is 10.0. The molecule has 4 N–H and O–H groups in total. The predicted molar refractivity (Wildman–Crippen MR) is 67.6 cm³/mol. The molecule has 0 bridgehead atoms. The van der Waals surface area contributed by atoms with Gasteiger partial charge in [-0.3, -0.25) is 0 Å². The van der Waals surface area contributed by atoms with Gasteiger partial charge in [0.05, 0.1) is 10.7 Å². The van der Waals surface area contributed by atoms with Gasteiger partial charge in [-0.05, 0) is 18.4 Å². The van der Waals surface area contributed by atoms with Crippen molar-refractivity contribution in [1.82, 2.24) is 4.98 Å². The van der Waals surface area contributed by atoms with Crippen LogP contribution in [0.4, 0.5) is 11.5 Å². The SMILES string of the molecule is CC(C)C(CCO)Nc1ncc(Cl)cc1N. The van der Waals surface area contributed by atoms with Crippen LogP contribution in [-0.4, -0.2) is 22.7 Å². The molecule has 1 aromatic rings. The van der Waals surface area contributed by atoms with Crippen LogP contribution in [0.1, 0.15) is 20.3 Å². The molecule has 5 heteroatoms. The normalized spacial score (nSPS) is 12.8. The molecule has 16 heavy (non-hydrogen) atoms. The first-order valence-corrected chi connectivity index (χ1v) is 5.70. The van der Waals surface area contributed by atoms with Crippen molar-refractivity contribution in [3.8, 4) is 0 Å². The fraction of sp³-hybridized carbons (Fsp3) is 0.545. The second kappa shape index (κ2) is 5.92. The number of nitrogens with two attached hydrogens (primary N) is 1. The Bertz CT molecular complexity index is 344. The molecular formula is C11H18ClN3O. The van der Waals surface area contributed by atoms with E-state index in [1.807, 2.05) is 0 Å². The zero-order valence-corrected chi connectivity index (χ0v) is 10.3. The zero-order valence-electron chi connectivity index (χ0n) is 9.57. The zero-order chi connectivity index (χ0) is 12.1. The van der Waals surface area contributed by atoms with E-state index in [2.05, 4.69) is 24.1 Å². The van der Waals surface area contributed by atoms with E-state index in [1.54, 1.807) is 12.3 Å². The molecule has 1 heterocycles. The summed E-state index contributed by atoms with van der Waals surface area (Å²) in [6.07, 6.45) is 2.22. The highest BCUT2D eigenvalue weighted by atomic mass is 35.5. The number of pyridine rings is 1. The molecule has 1 aromatic heterocycles. The first-order valence-electron chi connectivity index (χ1n) is 5.33. The van der Waals surface area contributed by atoms with Gasteiger partial charge in [0.1, 0.15) is 5.82 Å². The minimum absolute atomic E-state index is 0.142. The second-order valence-corrected chi connectivity index (χ2v) is 4.53. The van der Waals surface area contributed by atoms with Crippen LogP contribution in [0.5, 0.6) is 0 Å². The fourth-order valence-electron chi connectivity index (χ4n) is 1.46. The second-order valence-electron chi connectivity index (χ2n) is 4.10. The number of nitrogen functional groups attached to an aromatic ring is 1. The van der Waals surface area contributed by atoms with Crippen LogP contribution in [0.3, 0.4) is 0 Å². The van der Waals surface area contributed by atoms with Gasteiger partial charge >= 0.3 is 0 Å². The van der Waals surface area contributed by atoms with Gasteiger partial charge in [0, 0.05) is 18.8 Å². The van der Waals surface area contributed by atoms with Crippen LogP contribution in [0.25, 0.3) is 0 Å². The molecule has 0 aliphatic heterocycles. The number of aliphatic hydroxyl groups is 1. The summed E-state index contributed by atoms with van der Waals surface area (Å²) in [4.78, 5) is 4.13. The largest absolute Gasteiger partial charge is 0.396 e. The first-order chi connectivity index (χ1) is 7.54. The van der Waals surface area contributed by atoms with E-state index in [0.29, 0.717) is 28.9 Å². The number of nitrogens with one attached hydrogen (secondary N) is 1. The highest BCUT2D eigenvalue weighted by Crippen LogP contribution is 2.22. The summed E-state index contributed by atoms with van der Waals surface area (Å²) in [6, 6.07) is 1.81. The standard InChI is InChI=1S/C11H18ClN3O/c1-7(2)10(3-4-16)15-11-9(13)5-8(12)6-14-11/h5-7,10,16H,3-4,13H2,1-2H3,(H,14,15). The minimum atomic E-state index is 0.142. The average molecular weight is 244 g/mol. The van der Waals surface area contributed by atoms with Crippen molar-refractivity contribution in [2.75, 3.05) is 17.7 Å². The molecule has 1 unspecified atom stereocenters. The van der Waals surface area contributed by atoms with Gasteiger partial charge in [-0.1, -0.05) is 25.4 Å². The Balaban J connectivity index is 2.77. The molecule has 4 nitrogen and oxygen atoms in total. The number of anilines is 2. The van der Waals surface area contributed by atoms with E-state index < -0.39 is 0 Å². The third-order valence-electron chi connectivity index (χ3n) is 2.45. The van der Waals surface area contributed by atoms with E-state index >= 15 is 0 Å². The molecule has 1 atom stereocenters. The quantitative estimate of drug-likeness (QED) is 0.741. The Morgan fingerprint density at radius 1 is 1.56 bits per heavy atom. The monoisotopic (exact) mass is 243 g/mol. The van der Waals surface area contributed by atoms with Gasteiger partial charge in [0.15, 0.2) is 0 Å². The maximum atomic E-state index is 8.96. The van der Waals surface area contributed by atoms with Crippen molar-refractivity contribution in [1.29, 1.82) is 0 Å². The van der Waals surface area contributed by atoms with Crippen molar-refractivity contribution in [3.63, 3.8) is 0 Å². The smallest absolute Gasteiger partial charge is 0.149 e. The highest BCUT2D eigenvalue weighted by molar-refractivity contribution is 6.30. The minimum Gasteiger partial charge on any atom is -0.396 e. The number of nitrogens with zero attached hydrogens (tertiary/aromatic N) is 1. The van der Waals surface area contributed by atoms with Crippen molar-refractivity contribution < 1.29 is 5.11 Å². The summed E-state index contributed by atoms with van der Waals surface area (Å²) in [7, 11) is 0. The number of aliphatic hydroxyl groups excluding tert-OH is 1. The molecule has 90 valence electrons. The van der Waals surface area contributed by atoms with Gasteiger partial charge in [-0.15, -0.1) is 0 Å². The summed E-state index contributed by atoms with van der Waals surface area (Å²) < 4.78 is 0. The van der Waals surface area contributed by atoms with Gasteiger partial charge in [0.2, 0.25) is 0 Å². The molecule has 0 saturated carbocycles. The summed E-state index contributed by atoms with van der Waals surface area (Å²) in [5, 5.41) is 12.7. The van der Waals surface area contributed by atoms with Crippen molar-refractivity contribution in [2.45, 2.75) is 26.3 Å². The Morgan fingerprint density at radius 2 is 2.25 bits per heavy atom. The summed E-state index contributed by atoms with van der Waals surface area (Å²) in [5.41, 5.74) is 6.32. The van der Waals surface area contributed by atoms with E-state index in [9.17, 15) is 0 Å². The maximum Gasteiger partial charge on any atom is 0.149 e. The molecule has 0 radical (unpaired) electrons. The third kappa shape index (κ3) is 3.54. The van der Waals surface area contributed by atoms with Crippen LogP contribution >= 0.6 is 11.6 Å². The number of hydrogen-bond acceptors (Lipinski definition) is 4. The lowest BCUT2D eigenvalue weighted by molar-refractivity contribution is 0.267. The lowest BCUT2D eigenvalue weighted by Crippen LogP contribution is -2.27. The van der Waals surface area contributed by atoms with E-state index in [4.69, 9.17) is 22.4 Å². The van der Waals surface area contributed by atoms with Gasteiger partial charge < -0.3 is 16.2 Å². The van der Waals surface area contributed by atoms with E-state index in [1.165, 1.54) is 0 Å². The lowest BCUT2D eigenvalue weighted by Gasteiger charge is -2.22. The molecule has 0 saturated heterocycles. The van der Waals surface area contributed by atoms with Crippen molar-refractivity contribution in [2.24, 2.45) is 5.92 Å². The van der Waals surface area contributed by atoms with Crippen molar-refractivity contribution in [3.05, 3.63) is 17.3 Å². The molecule has 1 rings (SSSR count). The van der Waals surface area contributed by atoms with Gasteiger partial charge in [-0.2, -0.15) is 0 Å². The Morgan fingerprint density at radius 3 is 2.75 bits per heavy atom. The fourth-order valence-corrected chi connectivity index (χ4v) is 1.63. The Kier molecular flexibility index (Phi) is 4.83. The van der Waals surface area contributed by atoms with Crippen LogP contribution in [-0.2, 0) is 0 Å². The molecule has 0 aromatic carbocycles. The van der Waals surface area contributed by atoms with Gasteiger partial charge in [-0.25, -0.2) is 4.98 Å². The summed E-state index contributed by atoms with van der Waals surface area (Å²) in [5.74, 6) is 1.01. The Hall–Kier alpha value is -1.00. The van der Waals surface area contributed by atoms with Crippen LogP contribution < -0.4 is 11.1 Å². The maximum absolute atomic E-state index is 8.96. The number of halogens is 1. The predicted octanol–water partition coefficient (Wildman–Crippen LogP) is 2.14. The number of hydrogen-bond donors (Lipinski definition) is 3. The molecule has 0 aliphatic carbocycles. The molecule has 0 fully saturated rings. The van der Waals surface area contributed by atoms with Crippen LogP contribution in [0.2, 0.25) is 5.02 Å². The average Bonchev–Trinajstić information content (AvgIpc) is 2.20.